The molecule has 18 heavy (non-hydrogen) atoms. The summed E-state index contributed by atoms with van der Waals surface area (Å²) in [7, 11) is 0. The molecule has 0 radical (unpaired) electrons. The third-order valence-corrected chi connectivity index (χ3v) is 4.36. The van der Waals surface area contributed by atoms with E-state index in [2.05, 4.69) is 29.4 Å². The number of hydrogen-bond donors (Lipinski definition) is 2. The van der Waals surface area contributed by atoms with Gasteiger partial charge in [-0.2, -0.15) is 0 Å². The van der Waals surface area contributed by atoms with Gasteiger partial charge in [0.2, 0.25) is 5.91 Å². The van der Waals surface area contributed by atoms with Gasteiger partial charge in [0.1, 0.15) is 0 Å². The number of nitrogens with one attached hydrogen (secondary N) is 2. The van der Waals surface area contributed by atoms with Crippen LogP contribution in [0.25, 0.3) is 0 Å². The Hall–Kier alpha value is -0.610. The molecule has 2 rings (SSSR count). The van der Waals surface area contributed by atoms with Gasteiger partial charge in [-0.25, -0.2) is 0 Å². The number of rotatable bonds is 4. The van der Waals surface area contributed by atoms with Crippen molar-refractivity contribution in [1.29, 1.82) is 0 Å². The van der Waals surface area contributed by atoms with E-state index in [4.69, 9.17) is 0 Å². The van der Waals surface area contributed by atoms with Crippen LogP contribution in [0, 0.1) is 11.8 Å². The molecule has 4 heteroatoms. The Bertz CT molecular complexity index is 282. The van der Waals surface area contributed by atoms with Gasteiger partial charge in [0.15, 0.2) is 0 Å². The lowest BCUT2D eigenvalue weighted by atomic mass is 9.91. The van der Waals surface area contributed by atoms with Crippen molar-refractivity contribution in [3.63, 3.8) is 0 Å². The second-order valence-electron chi connectivity index (χ2n) is 5.87. The molecular weight excluding hydrogens is 226 g/mol. The second-order valence-corrected chi connectivity index (χ2v) is 5.87. The van der Waals surface area contributed by atoms with Crippen molar-refractivity contribution in [2.75, 3.05) is 32.7 Å². The van der Waals surface area contributed by atoms with Crippen molar-refractivity contribution >= 4 is 5.91 Å². The van der Waals surface area contributed by atoms with Gasteiger partial charge in [0.25, 0.3) is 0 Å². The summed E-state index contributed by atoms with van der Waals surface area (Å²) in [5.41, 5.74) is 0. The maximum absolute atomic E-state index is 12.1. The molecule has 0 saturated carbocycles. The first-order chi connectivity index (χ1) is 8.70. The van der Waals surface area contributed by atoms with E-state index in [-0.39, 0.29) is 11.8 Å². The zero-order valence-corrected chi connectivity index (χ0v) is 11.7. The van der Waals surface area contributed by atoms with Gasteiger partial charge in [-0.1, -0.05) is 13.8 Å². The first-order valence-electron chi connectivity index (χ1n) is 7.43. The predicted molar refractivity (Wildman–Crippen MR) is 73.4 cm³/mol. The summed E-state index contributed by atoms with van der Waals surface area (Å²) in [5.74, 6) is 1.04. The van der Waals surface area contributed by atoms with E-state index >= 15 is 0 Å². The molecule has 104 valence electrons. The first kappa shape index (κ1) is 13.8. The predicted octanol–water partition coefficient (Wildman–Crippen LogP) is 0.833. The van der Waals surface area contributed by atoms with E-state index < -0.39 is 0 Å². The van der Waals surface area contributed by atoms with Crippen molar-refractivity contribution < 1.29 is 4.79 Å². The molecule has 0 bridgehead atoms. The molecule has 0 aromatic heterocycles. The fraction of sp³-hybridized carbons (Fsp3) is 0.929. The third kappa shape index (κ3) is 3.45. The van der Waals surface area contributed by atoms with E-state index in [0.717, 1.165) is 32.6 Å². The van der Waals surface area contributed by atoms with Crippen LogP contribution in [0.1, 0.15) is 33.1 Å². The highest BCUT2D eigenvalue weighted by atomic mass is 16.1. The topological polar surface area (TPSA) is 44.4 Å². The number of likely N-dealkylation sites (N-methyl/N-ethyl adjacent to an activating group) is 1. The monoisotopic (exact) mass is 253 g/mol. The van der Waals surface area contributed by atoms with Crippen LogP contribution in [0.3, 0.4) is 0 Å². The first-order valence-corrected chi connectivity index (χ1v) is 7.43. The van der Waals surface area contributed by atoms with E-state index in [1.54, 1.807) is 0 Å². The third-order valence-electron chi connectivity index (χ3n) is 4.36. The minimum atomic E-state index is 0.172. The van der Waals surface area contributed by atoms with Crippen molar-refractivity contribution in [2.45, 2.75) is 39.2 Å². The molecular formula is C14H27N3O. The number of piperidine rings is 1. The smallest absolute Gasteiger partial charge is 0.224 e. The molecule has 2 saturated heterocycles. The van der Waals surface area contributed by atoms with Crippen LogP contribution < -0.4 is 10.6 Å². The van der Waals surface area contributed by atoms with Crippen molar-refractivity contribution in [2.24, 2.45) is 11.8 Å². The highest BCUT2D eigenvalue weighted by Crippen LogP contribution is 2.18. The van der Waals surface area contributed by atoms with E-state index in [0.29, 0.717) is 12.0 Å². The molecule has 4 nitrogen and oxygen atoms in total. The summed E-state index contributed by atoms with van der Waals surface area (Å²) in [4.78, 5) is 14.6. The molecule has 3 atom stereocenters. The summed E-state index contributed by atoms with van der Waals surface area (Å²) in [6.45, 7) is 9.43. The normalized spacial score (nSPS) is 33.6. The average Bonchev–Trinajstić information content (AvgIpc) is 2.83. The van der Waals surface area contributed by atoms with Crippen LogP contribution in [0.4, 0.5) is 0 Å². The Morgan fingerprint density at radius 3 is 3.00 bits per heavy atom. The Balaban J connectivity index is 1.74. The van der Waals surface area contributed by atoms with E-state index in [1.807, 2.05) is 0 Å². The molecule has 1 amide bonds. The standard InChI is InChI=1S/C14H27N3O/c1-3-17-6-4-5-13(17)10-16-14(18)12-7-11(2)8-15-9-12/h11-13,15H,3-10H2,1-2H3,(H,16,18). The Morgan fingerprint density at radius 2 is 2.28 bits per heavy atom. The lowest BCUT2D eigenvalue weighted by molar-refractivity contribution is -0.126. The van der Waals surface area contributed by atoms with Crippen molar-refractivity contribution in [3.05, 3.63) is 0 Å². The molecule has 2 aliphatic heterocycles. The Kier molecular flexibility index (Phi) is 5.01. The summed E-state index contributed by atoms with van der Waals surface area (Å²) in [6.07, 6.45) is 3.53. The quantitative estimate of drug-likeness (QED) is 0.780. The van der Waals surface area contributed by atoms with E-state index in [9.17, 15) is 4.79 Å². The number of carbonyl (C=O) groups is 1. The summed E-state index contributed by atoms with van der Waals surface area (Å²) in [5, 5.41) is 6.50. The largest absolute Gasteiger partial charge is 0.354 e. The Morgan fingerprint density at radius 1 is 1.44 bits per heavy atom. The maximum atomic E-state index is 12.1. The molecule has 2 heterocycles. The second kappa shape index (κ2) is 6.53. The fourth-order valence-corrected chi connectivity index (χ4v) is 3.26. The molecule has 2 N–H and O–H groups in total. The van der Waals surface area contributed by atoms with Crippen molar-refractivity contribution in [3.8, 4) is 0 Å². The molecule has 2 aliphatic rings. The summed E-state index contributed by atoms with van der Waals surface area (Å²) < 4.78 is 0. The van der Waals surface area contributed by atoms with Crippen LogP contribution in [0.2, 0.25) is 0 Å². The van der Waals surface area contributed by atoms with Gasteiger partial charge >= 0.3 is 0 Å². The van der Waals surface area contributed by atoms with E-state index in [1.165, 1.54) is 19.4 Å². The van der Waals surface area contributed by atoms with Crippen LogP contribution >= 0.6 is 0 Å². The number of nitrogens with zero attached hydrogens (tertiary/aromatic N) is 1. The Labute approximate surface area is 110 Å². The number of amides is 1. The molecule has 0 aliphatic carbocycles. The average molecular weight is 253 g/mol. The van der Waals surface area contributed by atoms with Crippen LogP contribution in [-0.2, 0) is 4.79 Å². The SMILES string of the molecule is CCN1CCCC1CNC(=O)C1CNCC(C)C1. The maximum Gasteiger partial charge on any atom is 0.224 e. The molecule has 0 aromatic carbocycles. The fourth-order valence-electron chi connectivity index (χ4n) is 3.26. The van der Waals surface area contributed by atoms with Crippen LogP contribution in [-0.4, -0.2) is 49.6 Å². The number of carbonyl (C=O) groups excluding carboxylic acids is 1. The van der Waals surface area contributed by atoms with Crippen LogP contribution in [0.5, 0.6) is 0 Å². The van der Waals surface area contributed by atoms with Gasteiger partial charge in [-0.05, 0) is 44.8 Å². The zero-order valence-electron chi connectivity index (χ0n) is 11.7. The minimum absolute atomic E-state index is 0.172. The lowest BCUT2D eigenvalue weighted by Gasteiger charge is -2.28. The molecule has 0 spiro atoms. The highest BCUT2D eigenvalue weighted by Gasteiger charge is 2.27. The highest BCUT2D eigenvalue weighted by molar-refractivity contribution is 5.79. The van der Waals surface area contributed by atoms with Crippen LogP contribution in [0.15, 0.2) is 0 Å². The number of hydrogen-bond acceptors (Lipinski definition) is 3. The molecule has 0 aromatic rings. The van der Waals surface area contributed by atoms with Gasteiger partial charge in [0.05, 0.1) is 5.92 Å². The van der Waals surface area contributed by atoms with Gasteiger partial charge in [-0.3, -0.25) is 9.69 Å². The van der Waals surface area contributed by atoms with Gasteiger partial charge < -0.3 is 10.6 Å². The van der Waals surface area contributed by atoms with Gasteiger partial charge in [0, 0.05) is 19.1 Å². The number of likely N-dealkylation sites (tertiary alicyclic amines) is 1. The lowest BCUT2D eigenvalue weighted by Crippen LogP contribution is -2.46. The zero-order chi connectivity index (χ0) is 13.0. The summed E-state index contributed by atoms with van der Waals surface area (Å²) in [6, 6.07) is 0.563. The summed E-state index contributed by atoms with van der Waals surface area (Å²) >= 11 is 0. The van der Waals surface area contributed by atoms with Crippen molar-refractivity contribution in [1.82, 2.24) is 15.5 Å². The minimum Gasteiger partial charge on any atom is -0.354 e. The van der Waals surface area contributed by atoms with Gasteiger partial charge in [-0.15, -0.1) is 0 Å². The molecule has 3 unspecified atom stereocenters. The molecule has 2 fully saturated rings.